The fourth-order valence-electron chi connectivity index (χ4n) is 2.14. The van der Waals surface area contributed by atoms with Crippen LogP contribution in [0.2, 0.25) is 0 Å². The van der Waals surface area contributed by atoms with Gasteiger partial charge in [0.05, 0.1) is 11.4 Å². The van der Waals surface area contributed by atoms with Crippen molar-refractivity contribution in [2.24, 2.45) is 0 Å². The highest BCUT2D eigenvalue weighted by molar-refractivity contribution is 7.99. The van der Waals surface area contributed by atoms with Crippen LogP contribution in [0.4, 0.5) is 5.69 Å². The van der Waals surface area contributed by atoms with Gasteiger partial charge in [0.2, 0.25) is 11.1 Å². The van der Waals surface area contributed by atoms with Gasteiger partial charge in [-0.15, -0.1) is 16.9 Å². The molecule has 25 heavy (non-hydrogen) atoms. The van der Waals surface area contributed by atoms with Gasteiger partial charge in [-0.1, -0.05) is 35.5 Å². The molecule has 0 aliphatic rings. The highest BCUT2D eigenvalue weighted by Crippen LogP contribution is 2.21. The molecular weight excluding hydrogens is 354 g/mol. The zero-order chi connectivity index (χ0) is 17.6. The molecule has 0 atom stereocenters. The van der Waals surface area contributed by atoms with E-state index in [1.165, 1.54) is 11.8 Å². The van der Waals surface area contributed by atoms with E-state index in [1.54, 1.807) is 16.4 Å². The zero-order valence-electron chi connectivity index (χ0n) is 13.8. The van der Waals surface area contributed by atoms with Crippen LogP contribution in [0.1, 0.15) is 5.56 Å². The first-order valence-corrected chi connectivity index (χ1v) is 9.79. The topological polar surface area (TPSA) is 72.7 Å². The molecule has 0 spiro atoms. The summed E-state index contributed by atoms with van der Waals surface area (Å²) in [6, 6.07) is 15.6. The lowest BCUT2D eigenvalue weighted by atomic mass is 10.2. The normalized spacial score (nSPS) is 10.6. The summed E-state index contributed by atoms with van der Waals surface area (Å²) in [5.41, 5.74) is 2.82. The van der Waals surface area contributed by atoms with E-state index < -0.39 is 0 Å². The minimum Gasteiger partial charge on any atom is -0.325 e. The number of hydrogen-bond acceptors (Lipinski definition) is 6. The van der Waals surface area contributed by atoms with Gasteiger partial charge < -0.3 is 5.32 Å². The average molecular weight is 371 g/mol. The maximum Gasteiger partial charge on any atom is 0.234 e. The number of anilines is 1. The van der Waals surface area contributed by atoms with Crippen LogP contribution >= 0.6 is 23.5 Å². The second-order valence-corrected chi connectivity index (χ2v) is 7.10. The number of carbonyl (C=O) groups is 1. The van der Waals surface area contributed by atoms with E-state index in [4.69, 9.17) is 0 Å². The number of nitrogens with one attached hydrogen (secondary N) is 1. The molecule has 1 amide bonds. The van der Waals surface area contributed by atoms with Gasteiger partial charge in [-0.25, -0.2) is 0 Å². The Morgan fingerprint density at radius 3 is 2.76 bits per heavy atom. The van der Waals surface area contributed by atoms with Crippen molar-refractivity contribution in [3.8, 4) is 5.69 Å². The van der Waals surface area contributed by atoms with E-state index >= 15 is 0 Å². The van der Waals surface area contributed by atoms with Crippen LogP contribution in [0, 0.1) is 6.92 Å². The summed E-state index contributed by atoms with van der Waals surface area (Å²) < 4.78 is 1.63. The summed E-state index contributed by atoms with van der Waals surface area (Å²) in [7, 11) is 0. The fourth-order valence-corrected chi connectivity index (χ4v) is 3.30. The summed E-state index contributed by atoms with van der Waals surface area (Å²) in [4.78, 5) is 13.3. The predicted molar refractivity (Wildman–Crippen MR) is 101 cm³/mol. The molecule has 0 bridgehead atoms. The molecule has 1 aromatic heterocycles. The minimum absolute atomic E-state index is 0.0956. The van der Waals surface area contributed by atoms with Crippen LogP contribution < -0.4 is 5.32 Å². The van der Waals surface area contributed by atoms with E-state index in [9.17, 15) is 4.79 Å². The molecule has 0 saturated heterocycles. The third-order valence-corrected chi connectivity index (χ3v) is 5.05. The average Bonchev–Trinajstić information content (AvgIpc) is 3.09. The number of tetrazole rings is 1. The molecule has 1 N–H and O–H groups in total. The number of thioether (sulfide) groups is 2. The van der Waals surface area contributed by atoms with E-state index in [1.807, 2.05) is 61.7 Å². The van der Waals surface area contributed by atoms with Crippen molar-refractivity contribution < 1.29 is 4.79 Å². The van der Waals surface area contributed by atoms with Crippen molar-refractivity contribution in [2.75, 3.05) is 17.3 Å². The molecule has 0 aliphatic heterocycles. The highest BCUT2D eigenvalue weighted by Gasteiger charge is 2.11. The van der Waals surface area contributed by atoms with E-state index in [0.717, 1.165) is 21.8 Å². The maximum atomic E-state index is 12.2. The molecule has 1 heterocycles. The molecule has 2 aromatic carbocycles. The molecule has 3 rings (SSSR count). The number of hydrogen-bond donors (Lipinski definition) is 1. The number of nitrogens with zero attached hydrogens (tertiary/aromatic N) is 4. The van der Waals surface area contributed by atoms with Crippen molar-refractivity contribution in [3.63, 3.8) is 0 Å². The molecule has 8 heteroatoms. The number of aryl methyl sites for hydroxylation is 1. The first-order valence-electron chi connectivity index (χ1n) is 7.58. The van der Waals surface area contributed by atoms with Gasteiger partial charge >= 0.3 is 0 Å². The van der Waals surface area contributed by atoms with Crippen molar-refractivity contribution in [1.82, 2.24) is 20.2 Å². The second kappa shape index (κ2) is 8.17. The summed E-state index contributed by atoms with van der Waals surface area (Å²) in [6.07, 6.45) is 2.00. The monoisotopic (exact) mass is 371 g/mol. The van der Waals surface area contributed by atoms with Gasteiger partial charge in [-0.2, -0.15) is 4.68 Å². The first-order chi connectivity index (χ1) is 12.2. The molecule has 0 aliphatic carbocycles. The molecule has 0 fully saturated rings. The Labute approximate surface area is 154 Å². The third-order valence-electron chi connectivity index (χ3n) is 3.41. The van der Waals surface area contributed by atoms with Crippen LogP contribution in [0.5, 0.6) is 0 Å². The Balaban J connectivity index is 1.63. The van der Waals surface area contributed by atoms with Gasteiger partial charge in [-0.05, 0) is 53.9 Å². The van der Waals surface area contributed by atoms with Gasteiger partial charge in [0, 0.05) is 10.6 Å². The quantitative estimate of drug-likeness (QED) is 0.669. The maximum absolute atomic E-state index is 12.2. The number of amides is 1. The first kappa shape index (κ1) is 17.5. The zero-order valence-corrected chi connectivity index (χ0v) is 15.5. The van der Waals surface area contributed by atoms with Crippen molar-refractivity contribution >= 4 is 35.1 Å². The highest BCUT2D eigenvalue weighted by atomic mass is 32.2. The van der Waals surface area contributed by atoms with Crippen molar-refractivity contribution in [2.45, 2.75) is 17.0 Å². The molecular formula is C17H17N5OS2. The van der Waals surface area contributed by atoms with Gasteiger partial charge in [0.15, 0.2) is 0 Å². The lowest BCUT2D eigenvalue weighted by Crippen LogP contribution is -2.14. The Hall–Kier alpha value is -2.32. The molecule has 0 saturated carbocycles. The molecule has 3 aromatic rings. The molecule has 0 radical (unpaired) electrons. The molecule has 0 unspecified atom stereocenters. The van der Waals surface area contributed by atoms with Crippen LogP contribution in [0.25, 0.3) is 5.69 Å². The van der Waals surface area contributed by atoms with E-state index in [2.05, 4.69) is 20.8 Å². The van der Waals surface area contributed by atoms with Crippen LogP contribution in [0.15, 0.2) is 58.6 Å². The summed E-state index contributed by atoms with van der Waals surface area (Å²) >= 11 is 2.94. The van der Waals surface area contributed by atoms with Crippen LogP contribution in [0.3, 0.4) is 0 Å². The third kappa shape index (κ3) is 4.61. The lowest BCUT2D eigenvalue weighted by Gasteiger charge is -2.07. The minimum atomic E-state index is -0.0956. The van der Waals surface area contributed by atoms with Crippen molar-refractivity contribution in [3.05, 3.63) is 54.1 Å². The van der Waals surface area contributed by atoms with E-state index in [-0.39, 0.29) is 11.7 Å². The Morgan fingerprint density at radius 2 is 2.00 bits per heavy atom. The van der Waals surface area contributed by atoms with Gasteiger partial charge in [0.1, 0.15) is 0 Å². The molecule has 6 nitrogen and oxygen atoms in total. The number of aromatic nitrogens is 4. The van der Waals surface area contributed by atoms with Gasteiger partial charge in [0.25, 0.3) is 0 Å². The van der Waals surface area contributed by atoms with Crippen molar-refractivity contribution in [1.29, 1.82) is 0 Å². The Bertz CT molecular complexity index is 863. The number of benzene rings is 2. The van der Waals surface area contributed by atoms with Gasteiger partial charge in [-0.3, -0.25) is 4.79 Å². The Morgan fingerprint density at radius 1 is 1.20 bits per heavy atom. The largest absolute Gasteiger partial charge is 0.325 e. The predicted octanol–water partition coefficient (Wildman–Crippen LogP) is 3.42. The number of carbonyl (C=O) groups excluding carboxylic acids is 1. The Kier molecular flexibility index (Phi) is 5.72. The summed E-state index contributed by atoms with van der Waals surface area (Å²) in [6.45, 7) is 2.02. The lowest BCUT2D eigenvalue weighted by molar-refractivity contribution is -0.113. The van der Waals surface area contributed by atoms with E-state index in [0.29, 0.717) is 5.16 Å². The number of rotatable bonds is 6. The van der Waals surface area contributed by atoms with Crippen LogP contribution in [-0.4, -0.2) is 38.1 Å². The summed E-state index contributed by atoms with van der Waals surface area (Å²) in [5, 5.41) is 15.2. The standard InChI is InChI=1S/C17H17N5OS2/c1-12-6-8-14(9-7-12)22-17(19-20-21-22)25-11-16(23)18-13-4-3-5-15(10-13)24-2/h3-10H,11H2,1-2H3,(H,18,23). The SMILES string of the molecule is CSc1cccc(NC(=O)CSc2nnnn2-c2ccc(C)cc2)c1. The summed E-state index contributed by atoms with van der Waals surface area (Å²) in [5.74, 6) is 0.136. The fraction of sp³-hybridized carbons (Fsp3) is 0.176. The smallest absolute Gasteiger partial charge is 0.234 e. The second-order valence-electron chi connectivity index (χ2n) is 5.28. The molecule has 128 valence electrons. The van der Waals surface area contributed by atoms with Crippen LogP contribution in [-0.2, 0) is 4.79 Å².